The number of rotatable bonds is 3. The van der Waals surface area contributed by atoms with Crippen LogP contribution in [0.4, 0.5) is 0 Å². The van der Waals surface area contributed by atoms with Crippen molar-refractivity contribution in [2.45, 2.75) is 25.2 Å². The zero-order valence-electron chi connectivity index (χ0n) is 8.66. The minimum Gasteiger partial charge on any atom is -0.214 e. The first-order valence-corrected chi connectivity index (χ1v) is 6.02. The summed E-state index contributed by atoms with van der Waals surface area (Å²) in [4.78, 5) is 0.344. The molecule has 3 nitrogen and oxygen atoms in total. The molecule has 0 heterocycles. The number of hydrogen-bond acceptors (Lipinski definition) is 2. The molecule has 0 aliphatic rings. The fraction of sp³-hybridized carbons (Fsp3) is 0.400. The molecule has 0 atom stereocenters. The summed E-state index contributed by atoms with van der Waals surface area (Å²) in [7, 11) is -1.88. The summed E-state index contributed by atoms with van der Waals surface area (Å²) < 4.78 is 25.3. The molecule has 0 radical (unpaired) electrons. The van der Waals surface area contributed by atoms with Gasteiger partial charge >= 0.3 is 0 Å². The molecule has 14 heavy (non-hydrogen) atoms. The van der Waals surface area contributed by atoms with Crippen molar-refractivity contribution in [2.75, 3.05) is 7.05 Å². The maximum absolute atomic E-state index is 11.5. The van der Waals surface area contributed by atoms with E-state index in [9.17, 15) is 8.42 Å². The lowest BCUT2D eigenvalue weighted by Gasteiger charge is -2.06. The first kappa shape index (κ1) is 11.2. The Hall–Kier alpha value is -0.870. The van der Waals surface area contributed by atoms with Crippen LogP contribution in [0.2, 0.25) is 0 Å². The average Bonchev–Trinajstić information content (AvgIpc) is 2.16. The molecule has 0 aliphatic carbocycles. The monoisotopic (exact) mass is 213 g/mol. The molecule has 0 saturated heterocycles. The topological polar surface area (TPSA) is 46.2 Å². The van der Waals surface area contributed by atoms with Gasteiger partial charge in [-0.2, -0.15) is 0 Å². The Balaban J connectivity index is 3.29. The van der Waals surface area contributed by atoms with Crippen LogP contribution >= 0.6 is 0 Å². The van der Waals surface area contributed by atoms with Crippen molar-refractivity contribution in [1.82, 2.24) is 4.72 Å². The number of aryl methyl sites for hydroxylation is 2. The highest BCUT2D eigenvalue weighted by Gasteiger charge is 2.11. The Morgan fingerprint density at radius 3 is 2.43 bits per heavy atom. The second-order valence-corrected chi connectivity index (χ2v) is 5.10. The van der Waals surface area contributed by atoms with Crippen LogP contribution in [-0.2, 0) is 16.4 Å². The highest BCUT2D eigenvalue weighted by atomic mass is 32.2. The molecule has 4 heteroatoms. The van der Waals surface area contributed by atoms with Crippen molar-refractivity contribution in [3.05, 3.63) is 29.3 Å². The molecule has 0 spiro atoms. The predicted octanol–water partition coefficient (Wildman–Crippen LogP) is 1.47. The van der Waals surface area contributed by atoms with Gasteiger partial charge in [-0.05, 0) is 43.7 Å². The largest absolute Gasteiger partial charge is 0.240 e. The average molecular weight is 213 g/mol. The Bertz CT molecular complexity index is 424. The molecule has 0 aliphatic heterocycles. The summed E-state index contributed by atoms with van der Waals surface area (Å²) in [5.74, 6) is 0. The minimum atomic E-state index is -3.30. The van der Waals surface area contributed by atoms with Crippen molar-refractivity contribution in [3.63, 3.8) is 0 Å². The van der Waals surface area contributed by atoms with E-state index in [0.29, 0.717) is 4.90 Å². The summed E-state index contributed by atoms with van der Waals surface area (Å²) in [6.45, 7) is 3.90. The molecular weight excluding hydrogens is 198 g/mol. The maximum atomic E-state index is 11.5. The smallest absolute Gasteiger partial charge is 0.214 e. The predicted molar refractivity (Wildman–Crippen MR) is 56.8 cm³/mol. The third-order valence-corrected chi connectivity index (χ3v) is 3.49. The summed E-state index contributed by atoms with van der Waals surface area (Å²) in [6, 6.07) is 5.37. The van der Waals surface area contributed by atoms with Crippen LogP contribution in [0.1, 0.15) is 18.1 Å². The standard InChI is InChI=1S/C10H15NO2S/c1-4-9-5-8(2)6-10(7-9)14(12,13)11-3/h5-7,11H,4H2,1-3H3. The Morgan fingerprint density at radius 2 is 1.93 bits per heavy atom. The van der Waals surface area contributed by atoms with E-state index in [4.69, 9.17) is 0 Å². The molecule has 1 aromatic carbocycles. The normalized spacial score (nSPS) is 11.6. The van der Waals surface area contributed by atoms with Gasteiger partial charge in [-0.25, -0.2) is 13.1 Å². The molecule has 0 aromatic heterocycles. The SMILES string of the molecule is CCc1cc(C)cc(S(=O)(=O)NC)c1. The molecule has 1 N–H and O–H groups in total. The molecule has 1 rings (SSSR count). The van der Waals surface area contributed by atoms with E-state index < -0.39 is 10.0 Å². The Morgan fingerprint density at radius 1 is 1.29 bits per heavy atom. The van der Waals surface area contributed by atoms with Crippen LogP contribution in [0.3, 0.4) is 0 Å². The van der Waals surface area contributed by atoms with Crippen LogP contribution in [0, 0.1) is 6.92 Å². The van der Waals surface area contributed by atoms with Gasteiger partial charge in [0.25, 0.3) is 0 Å². The van der Waals surface area contributed by atoms with Crippen LogP contribution < -0.4 is 4.72 Å². The van der Waals surface area contributed by atoms with Crippen LogP contribution in [-0.4, -0.2) is 15.5 Å². The van der Waals surface area contributed by atoms with E-state index >= 15 is 0 Å². The fourth-order valence-electron chi connectivity index (χ4n) is 1.30. The second kappa shape index (κ2) is 4.11. The van der Waals surface area contributed by atoms with E-state index in [1.807, 2.05) is 19.9 Å². The van der Waals surface area contributed by atoms with E-state index in [1.165, 1.54) is 7.05 Å². The lowest BCUT2D eigenvalue weighted by atomic mass is 10.1. The van der Waals surface area contributed by atoms with Crippen molar-refractivity contribution >= 4 is 10.0 Å². The molecule has 0 unspecified atom stereocenters. The van der Waals surface area contributed by atoms with Gasteiger partial charge in [-0.3, -0.25) is 0 Å². The summed E-state index contributed by atoms with van der Waals surface area (Å²) in [6.07, 6.45) is 0.841. The second-order valence-electron chi connectivity index (χ2n) is 3.22. The van der Waals surface area contributed by atoms with Gasteiger partial charge < -0.3 is 0 Å². The van der Waals surface area contributed by atoms with E-state index in [0.717, 1.165) is 17.5 Å². The van der Waals surface area contributed by atoms with Gasteiger partial charge in [0, 0.05) is 0 Å². The third-order valence-electron chi connectivity index (χ3n) is 2.10. The van der Waals surface area contributed by atoms with Crippen molar-refractivity contribution < 1.29 is 8.42 Å². The van der Waals surface area contributed by atoms with Crippen LogP contribution in [0.25, 0.3) is 0 Å². The molecule has 0 amide bonds. The van der Waals surface area contributed by atoms with E-state index in [-0.39, 0.29) is 0 Å². The van der Waals surface area contributed by atoms with Gasteiger partial charge in [0.15, 0.2) is 0 Å². The van der Waals surface area contributed by atoms with Gasteiger partial charge in [-0.1, -0.05) is 13.0 Å². The molecular formula is C10H15NO2S. The molecule has 0 fully saturated rings. The molecule has 0 saturated carbocycles. The van der Waals surface area contributed by atoms with Gasteiger partial charge in [0.2, 0.25) is 10.0 Å². The lowest BCUT2D eigenvalue weighted by Crippen LogP contribution is -2.18. The van der Waals surface area contributed by atoms with E-state index in [2.05, 4.69) is 4.72 Å². The number of hydrogen-bond donors (Lipinski definition) is 1. The van der Waals surface area contributed by atoms with Crippen molar-refractivity contribution in [3.8, 4) is 0 Å². The lowest BCUT2D eigenvalue weighted by molar-refractivity contribution is 0.588. The number of nitrogens with one attached hydrogen (secondary N) is 1. The van der Waals surface area contributed by atoms with E-state index in [1.54, 1.807) is 12.1 Å². The van der Waals surface area contributed by atoms with Crippen molar-refractivity contribution in [1.29, 1.82) is 0 Å². The Labute approximate surface area is 85.2 Å². The van der Waals surface area contributed by atoms with Crippen LogP contribution in [0.5, 0.6) is 0 Å². The zero-order valence-corrected chi connectivity index (χ0v) is 9.48. The van der Waals surface area contributed by atoms with Gasteiger partial charge in [0.1, 0.15) is 0 Å². The third kappa shape index (κ3) is 2.33. The van der Waals surface area contributed by atoms with Crippen molar-refractivity contribution in [2.24, 2.45) is 0 Å². The number of sulfonamides is 1. The zero-order chi connectivity index (χ0) is 10.8. The highest BCUT2D eigenvalue weighted by molar-refractivity contribution is 7.89. The summed E-state index contributed by atoms with van der Waals surface area (Å²) in [5.41, 5.74) is 2.01. The first-order valence-electron chi connectivity index (χ1n) is 4.53. The van der Waals surface area contributed by atoms with Crippen LogP contribution in [0.15, 0.2) is 23.1 Å². The highest BCUT2D eigenvalue weighted by Crippen LogP contribution is 2.14. The summed E-state index contributed by atoms with van der Waals surface area (Å²) >= 11 is 0. The quantitative estimate of drug-likeness (QED) is 0.826. The first-order chi connectivity index (χ1) is 6.49. The fourth-order valence-corrected chi connectivity index (χ4v) is 2.18. The molecule has 1 aromatic rings. The molecule has 0 bridgehead atoms. The van der Waals surface area contributed by atoms with Gasteiger partial charge in [0.05, 0.1) is 4.90 Å². The Kier molecular flexibility index (Phi) is 3.29. The molecule has 78 valence electrons. The summed E-state index contributed by atoms with van der Waals surface area (Å²) in [5, 5.41) is 0. The number of benzene rings is 1. The maximum Gasteiger partial charge on any atom is 0.240 e. The van der Waals surface area contributed by atoms with Gasteiger partial charge in [-0.15, -0.1) is 0 Å². The minimum absolute atomic E-state index is 0.344.